The first kappa shape index (κ1) is 16.3. The lowest BCUT2D eigenvalue weighted by molar-refractivity contribution is -0.139. The van der Waals surface area contributed by atoms with Crippen LogP contribution in [-0.2, 0) is 17.8 Å². The number of amides is 1. The smallest absolute Gasteiger partial charge is 0.226 e. The summed E-state index contributed by atoms with van der Waals surface area (Å²) in [7, 11) is 0. The van der Waals surface area contributed by atoms with Crippen molar-refractivity contribution in [3.8, 4) is 11.5 Å². The van der Waals surface area contributed by atoms with E-state index in [2.05, 4.69) is 4.98 Å². The normalized spacial score (nSPS) is 26.3. The molecule has 4 rings (SSSR count). The van der Waals surface area contributed by atoms with Crippen LogP contribution in [0.5, 0.6) is 0 Å². The van der Waals surface area contributed by atoms with Gasteiger partial charge in [-0.1, -0.05) is 18.2 Å². The minimum absolute atomic E-state index is 0.0980. The first-order chi connectivity index (χ1) is 12.1. The molecule has 25 heavy (non-hydrogen) atoms. The largest absolute Gasteiger partial charge is 0.441 e. The van der Waals surface area contributed by atoms with E-state index in [9.17, 15) is 9.90 Å². The van der Waals surface area contributed by atoms with E-state index in [4.69, 9.17) is 10.2 Å². The van der Waals surface area contributed by atoms with E-state index in [1.165, 1.54) is 0 Å². The van der Waals surface area contributed by atoms with Crippen LogP contribution in [0, 0.1) is 5.92 Å². The molecular weight excluding hydrogens is 318 g/mol. The summed E-state index contributed by atoms with van der Waals surface area (Å²) in [4.78, 5) is 19.2. The lowest BCUT2D eigenvalue weighted by atomic mass is 9.83. The Labute approximate surface area is 146 Å². The highest BCUT2D eigenvalue weighted by Crippen LogP contribution is 2.30. The van der Waals surface area contributed by atoms with Crippen LogP contribution >= 0.6 is 0 Å². The molecule has 132 valence electrons. The maximum atomic E-state index is 12.8. The number of benzene rings is 1. The molecule has 1 aromatic heterocycles. The number of rotatable bonds is 2. The maximum Gasteiger partial charge on any atom is 0.226 e. The van der Waals surface area contributed by atoms with E-state index in [0.717, 1.165) is 23.4 Å². The molecular formula is C19H23N3O3. The Kier molecular flexibility index (Phi) is 4.31. The Morgan fingerprint density at radius 3 is 2.84 bits per heavy atom. The molecule has 0 saturated heterocycles. The van der Waals surface area contributed by atoms with E-state index >= 15 is 0 Å². The van der Waals surface area contributed by atoms with Crippen molar-refractivity contribution in [1.29, 1.82) is 0 Å². The Hall–Kier alpha value is -2.18. The monoisotopic (exact) mass is 341 g/mol. The van der Waals surface area contributed by atoms with Crippen molar-refractivity contribution in [3.05, 3.63) is 41.8 Å². The van der Waals surface area contributed by atoms with Crippen molar-refractivity contribution in [2.75, 3.05) is 6.54 Å². The molecule has 1 saturated carbocycles. The third kappa shape index (κ3) is 3.19. The number of hydrogen-bond donors (Lipinski definition) is 2. The Balaban J connectivity index is 1.48. The summed E-state index contributed by atoms with van der Waals surface area (Å²) in [6.07, 6.45) is 1.99. The molecule has 0 spiro atoms. The fraction of sp³-hybridized carbons (Fsp3) is 0.474. The predicted octanol–water partition coefficient (Wildman–Crippen LogP) is 1.71. The molecule has 1 aliphatic carbocycles. The fourth-order valence-electron chi connectivity index (χ4n) is 3.74. The molecule has 0 unspecified atom stereocenters. The third-order valence-corrected chi connectivity index (χ3v) is 5.28. The van der Waals surface area contributed by atoms with Gasteiger partial charge in [-0.25, -0.2) is 4.98 Å². The Bertz CT molecular complexity index is 759. The van der Waals surface area contributed by atoms with Gasteiger partial charge in [0.15, 0.2) is 0 Å². The highest BCUT2D eigenvalue weighted by atomic mass is 16.4. The zero-order valence-electron chi connectivity index (χ0n) is 14.1. The maximum absolute atomic E-state index is 12.8. The fourth-order valence-corrected chi connectivity index (χ4v) is 3.74. The van der Waals surface area contributed by atoms with Crippen molar-refractivity contribution >= 4 is 5.91 Å². The van der Waals surface area contributed by atoms with Gasteiger partial charge < -0.3 is 20.2 Å². The number of hydrogen-bond acceptors (Lipinski definition) is 5. The van der Waals surface area contributed by atoms with Crippen LogP contribution in [-0.4, -0.2) is 39.6 Å². The number of carbonyl (C=O) groups excluding carboxylic acids is 1. The second-order valence-corrected chi connectivity index (χ2v) is 7.01. The quantitative estimate of drug-likeness (QED) is 0.867. The number of aromatic nitrogens is 1. The van der Waals surface area contributed by atoms with Gasteiger partial charge in [0.05, 0.1) is 12.6 Å². The molecule has 1 fully saturated rings. The van der Waals surface area contributed by atoms with Crippen LogP contribution in [0.2, 0.25) is 0 Å². The number of nitrogens with zero attached hydrogens (tertiary/aromatic N) is 2. The third-order valence-electron chi connectivity index (χ3n) is 5.28. The summed E-state index contributed by atoms with van der Waals surface area (Å²) in [6, 6.07) is 9.58. The summed E-state index contributed by atoms with van der Waals surface area (Å²) in [6.45, 7) is 1.11. The minimum Gasteiger partial charge on any atom is -0.441 e. The number of carbonyl (C=O) groups is 1. The number of oxazole rings is 1. The molecule has 3 atom stereocenters. The number of fused-ring (bicyclic) bond motifs is 1. The van der Waals surface area contributed by atoms with Gasteiger partial charge in [0.2, 0.25) is 11.8 Å². The van der Waals surface area contributed by atoms with Crippen molar-refractivity contribution in [3.63, 3.8) is 0 Å². The van der Waals surface area contributed by atoms with E-state index in [1.807, 2.05) is 35.2 Å². The average molecular weight is 341 g/mol. The summed E-state index contributed by atoms with van der Waals surface area (Å²) in [5.74, 6) is 1.44. The van der Waals surface area contributed by atoms with Gasteiger partial charge >= 0.3 is 0 Å². The van der Waals surface area contributed by atoms with Gasteiger partial charge in [0.25, 0.3) is 0 Å². The van der Waals surface area contributed by atoms with E-state index < -0.39 is 6.10 Å². The SMILES string of the molecule is N[C@@H]1CC[C@H](C(=O)N2CCc3oc(-c4ccccc4)nc3C2)C[C@H]1O. The van der Waals surface area contributed by atoms with E-state index in [0.29, 0.717) is 38.2 Å². The second-order valence-electron chi connectivity index (χ2n) is 7.01. The van der Waals surface area contributed by atoms with Gasteiger partial charge in [-0.05, 0) is 31.4 Å². The zero-order valence-corrected chi connectivity index (χ0v) is 14.1. The molecule has 2 aromatic rings. The molecule has 2 heterocycles. The summed E-state index contributed by atoms with van der Waals surface area (Å²) >= 11 is 0. The van der Waals surface area contributed by atoms with Crippen molar-refractivity contribution in [2.45, 2.75) is 44.4 Å². The van der Waals surface area contributed by atoms with Gasteiger partial charge in [-0.3, -0.25) is 4.79 Å². The van der Waals surface area contributed by atoms with Crippen molar-refractivity contribution in [2.24, 2.45) is 11.7 Å². The predicted molar refractivity (Wildman–Crippen MR) is 92.4 cm³/mol. The molecule has 6 heteroatoms. The van der Waals surface area contributed by atoms with Crippen LogP contribution in [0.15, 0.2) is 34.7 Å². The lowest BCUT2D eigenvalue weighted by Gasteiger charge is -2.34. The summed E-state index contributed by atoms with van der Waals surface area (Å²) in [5, 5.41) is 9.96. The average Bonchev–Trinajstić information content (AvgIpc) is 3.07. The minimum atomic E-state index is -0.584. The lowest BCUT2D eigenvalue weighted by Crippen LogP contribution is -2.46. The van der Waals surface area contributed by atoms with Crippen LogP contribution in [0.4, 0.5) is 0 Å². The first-order valence-electron chi connectivity index (χ1n) is 8.88. The van der Waals surface area contributed by atoms with Gasteiger partial charge in [-0.2, -0.15) is 0 Å². The number of nitrogens with two attached hydrogens (primary N) is 1. The standard InChI is InChI=1S/C19H23N3O3/c20-14-7-6-13(10-16(14)23)19(24)22-9-8-17-15(11-22)21-18(25-17)12-4-2-1-3-5-12/h1-5,13-14,16,23H,6-11,20H2/t13-,14+,16+/m0/s1. The molecule has 0 radical (unpaired) electrons. The topological polar surface area (TPSA) is 92.6 Å². The van der Waals surface area contributed by atoms with E-state index in [-0.39, 0.29) is 17.9 Å². The van der Waals surface area contributed by atoms with Gasteiger partial charge in [-0.15, -0.1) is 0 Å². The first-order valence-corrected chi connectivity index (χ1v) is 8.88. The molecule has 3 N–H and O–H groups in total. The summed E-state index contributed by atoms with van der Waals surface area (Å²) in [5.41, 5.74) is 7.63. The Morgan fingerprint density at radius 2 is 2.08 bits per heavy atom. The van der Waals surface area contributed by atoms with Crippen LogP contribution < -0.4 is 5.73 Å². The van der Waals surface area contributed by atoms with Gasteiger partial charge in [0.1, 0.15) is 11.5 Å². The molecule has 2 aliphatic rings. The van der Waals surface area contributed by atoms with E-state index in [1.54, 1.807) is 0 Å². The molecule has 1 aromatic carbocycles. The molecule has 1 aliphatic heterocycles. The molecule has 1 amide bonds. The van der Waals surface area contributed by atoms with Crippen LogP contribution in [0.1, 0.15) is 30.7 Å². The van der Waals surface area contributed by atoms with Crippen LogP contribution in [0.25, 0.3) is 11.5 Å². The van der Waals surface area contributed by atoms with Gasteiger partial charge in [0, 0.05) is 30.5 Å². The molecule has 0 bridgehead atoms. The molecule has 6 nitrogen and oxygen atoms in total. The van der Waals surface area contributed by atoms with Crippen LogP contribution in [0.3, 0.4) is 0 Å². The number of aliphatic hydroxyl groups is 1. The number of aliphatic hydroxyl groups excluding tert-OH is 1. The van der Waals surface area contributed by atoms with Crippen molar-refractivity contribution < 1.29 is 14.3 Å². The van der Waals surface area contributed by atoms with Crippen molar-refractivity contribution in [1.82, 2.24) is 9.88 Å². The summed E-state index contributed by atoms with van der Waals surface area (Å²) < 4.78 is 5.89. The zero-order chi connectivity index (χ0) is 17.4. The highest BCUT2D eigenvalue weighted by Gasteiger charge is 2.35. The Morgan fingerprint density at radius 1 is 1.28 bits per heavy atom. The second kappa shape index (κ2) is 6.61. The highest BCUT2D eigenvalue weighted by molar-refractivity contribution is 5.79.